The number of thioether (sulfide) groups is 1. The maximum absolute atomic E-state index is 12.7. The Bertz CT molecular complexity index is 712. The van der Waals surface area contributed by atoms with Gasteiger partial charge in [0, 0.05) is 24.6 Å². The van der Waals surface area contributed by atoms with Crippen molar-refractivity contribution in [1.29, 1.82) is 0 Å². The van der Waals surface area contributed by atoms with E-state index in [0.29, 0.717) is 17.4 Å². The number of benzene rings is 1. The zero-order chi connectivity index (χ0) is 17.2. The number of nitrogens with one attached hydrogen (secondary N) is 1. The fourth-order valence-electron chi connectivity index (χ4n) is 2.54. The van der Waals surface area contributed by atoms with Gasteiger partial charge in [0.15, 0.2) is 5.16 Å². The van der Waals surface area contributed by atoms with Gasteiger partial charge in [0.25, 0.3) is 0 Å². The molecular formula is C16H16F3N3OS. The van der Waals surface area contributed by atoms with E-state index in [9.17, 15) is 18.0 Å². The topological polar surface area (TPSA) is 46.9 Å². The molecule has 0 aliphatic carbocycles. The van der Waals surface area contributed by atoms with Crippen LogP contribution in [0.4, 0.5) is 13.2 Å². The molecule has 1 fully saturated rings. The van der Waals surface area contributed by atoms with Crippen molar-refractivity contribution in [1.82, 2.24) is 14.9 Å². The van der Waals surface area contributed by atoms with Crippen LogP contribution < -0.4 is 5.32 Å². The number of aromatic nitrogens is 2. The normalized spacial score (nSPS) is 19.0. The average Bonchev–Trinajstić information content (AvgIpc) is 2.91. The molecule has 2 aromatic rings. The van der Waals surface area contributed by atoms with Crippen molar-refractivity contribution >= 4 is 17.7 Å². The smallest absolute Gasteiger partial charge is 0.355 e. The molecule has 1 N–H and O–H groups in total. The molecule has 4 nitrogen and oxygen atoms in total. The van der Waals surface area contributed by atoms with Crippen molar-refractivity contribution in [2.24, 2.45) is 0 Å². The maximum Gasteiger partial charge on any atom is 0.416 e. The summed E-state index contributed by atoms with van der Waals surface area (Å²) < 4.78 is 39.7. The van der Waals surface area contributed by atoms with Crippen molar-refractivity contribution in [2.75, 3.05) is 6.54 Å². The third kappa shape index (κ3) is 3.75. The lowest BCUT2D eigenvalue weighted by atomic mass is 10.2. The van der Waals surface area contributed by atoms with Crippen molar-refractivity contribution in [2.45, 2.75) is 35.8 Å². The molecule has 1 amide bonds. The molecule has 8 heteroatoms. The highest BCUT2D eigenvalue weighted by atomic mass is 32.2. The Kier molecular flexibility index (Phi) is 4.84. The standard InChI is InChI=1S/C16H16F3N3OS/c17-16(18,19)11-4-6-12(7-5-11)22-10-9-21-15(22)24-13-3-1-2-8-20-14(13)23/h4-7,9-10,13H,1-3,8H2,(H,20,23)/t13-/m1/s1. The van der Waals surface area contributed by atoms with Gasteiger partial charge in [0.05, 0.1) is 10.8 Å². The van der Waals surface area contributed by atoms with Crippen LogP contribution in [0.3, 0.4) is 0 Å². The van der Waals surface area contributed by atoms with E-state index in [-0.39, 0.29) is 11.2 Å². The lowest BCUT2D eigenvalue weighted by Gasteiger charge is -2.14. The van der Waals surface area contributed by atoms with Gasteiger partial charge in [0.1, 0.15) is 0 Å². The Morgan fingerprint density at radius 1 is 1.21 bits per heavy atom. The Hall–Kier alpha value is -1.96. The summed E-state index contributed by atoms with van der Waals surface area (Å²) >= 11 is 1.34. The summed E-state index contributed by atoms with van der Waals surface area (Å²) in [5, 5.41) is 3.23. The van der Waals surface area contributed by atoms with E-state index in [2.05, 4.69) is 10.3 Å². The second-order valence-electron chi connectivity index (χ2n) is 5.52. The number of nitrogens with zero attached hydrogens (tertiary/aromatic N) is 2. The van der Waals surface area contributed by atoms with Gasteiger partial charge >= 0.3 is 6.18 Å². The lowest BCUT2D eigenvalue weighted by molar-refractivity contribution is -0.137. The minimum Gasteiger partial charge on any atom is -0.355 e. The highest BCUT2D eigenvalue weighted by Crippen LogP contribution is 2.31. The van der Waals surface area contributed by atoms with Crippen LogP contribution >= 0.6 is 11.8 Å². The number of carbonyl (C=O) groups excluding carboxylic acids is 1. The van der Waals surface area contributed by atoms with Crippen LogP contribution in [0, 0.1) is 0 Å². The van der Waals surface area contributed by atoms with Crippen LogP contribution in [-0.2, 0) is 11.0 Å². The lowest BCUT2D eigenvalue weighted by Crippen LogP contribution is -2.30. The van der Waals surface area contributed by atoms with Gasteiger partial charge in [-0.2, -0.15) is 13.2 Å². The highest BCUT2D eigenvalue weighted by molar-refractivity contribution is 8.00. The van der Waals surface area contributed by atoms with Gasteiger partial charge in [-0.15, -0.1) is 0 Å². The Labute approximate surface area is 141 Å². The summed E-state index contributed by atoms with van der Waals surface area (Å²) in [5.41, 5.74) is -0.110. The van der Waals surface area contributed by atoms with Crippen LogP contribution in [0.2, 0.25) is 0 Å². The van der Waals surface area contributed by atoms with E-state index in [1.807, 2.05) is 0 Å². The zero-order valence-electron chi connectivity index (χ0n) is 12.7. The number of hydrogen-bond acceptors (Lipinski definition) is 3. The van der Waals surface area contributed by atoms with Gasteiger partial charge in [-0.05, 0) is 37.1 Å². The fourth-order valence-corrected chi connectivity index (χ4v) is 3.67. The molecule has 0 unspecified atom stereocenters. The van der Waals surface area contributed by atoms with Crippen molar-refractivity contribution in [3.63, 3.8) is 0 Å². The van der Waals surface area contributed by atoms with Gasteiger partial charge < -0.3 is 5.32 Å². The molecular weight excluding hydrogens is 339 g/mol. The van der Waals surface area contributed by atoms with Gasteiger partial charge in [-0.25, -0.2) is 4.98 Å². The molecule has 1 saturated heterocycles. The first kappa shape index (κ1) is 16.9. The molecule has 24 heavy (non-hydrogen) atoms. The van der Waals surface area contributed by atoms with Crippen LogP contribution in [0.15, 0.2) is 41.8 Å². The van der Waals surface area contributed by atoms with Crippen molar-refractivity contribution in [3.05, 3.63) is 42.2 Å². The highest BCUT2D eigenvalue weighted by Gasteiger charge is 2.30. The number of imidazole rings is 1. The number of hydrogen-bond donors (Lipinski definition) is 1. The van der Waals surface area contributed by atoms with E-state index >= 15 is 0 Å². The largest absolute Gasteiger partial charge is 0.416 e. The van der Waals surface area contributed by atoms with E-state index in [4.69, 9.17) is 0 Å². The number of halogens is 3. The van der Waals surface area contributed by atoms with E-state index in [0.717, 1.165) is 31.4 Å². The molecule has 1 aromatic carbocycles. The molecule has 0 spiro atoms. The quantitative estimate of drug-likeness (QED) is 0.914. The first-order chi connectivity index (χ1) is 11.4. The maximum atomic E-state index is 12.7. The van der Waals surface area contributed by atoms with Crippen LogP contribution in [0.25, 0.3) is 5.69 Å². The Morgan fingerprint density at radius 3 is 2.67 bits per heavy atom. The van der Waals surface area contributed by atoms with Crippen molar-refractivity contribution < 1.29 is 18.0 Å². The first-order valence-corrected chi connectivity index (χ1v) is 8.48. The number of rotatable bonds is 3. The number of alkyl halides is 3. The molecule has 128 valence electrons. The molecule has 2 heterocycles. The summed E-state index contributed by atoms with van der Waals surface area (Å²) in [6.45, 7) is 0.684. The molecule has 1 atom stereocenters. The van der Waals surface area contributed by atoms with Crippen LogP contribution in [0.1, 0.15) is 24.8 Å². The van der Waals surface area contributed by atoms with E-state index in [1.54, 1.807) is 17.0 Å². The molecule has 1 aliphatic rings. The molecule has 0 saturated carbocycles. The van der Waals surface area contributed by atoms with Gasteiger partial charge in [-0.1, -0.05) is 18.2 Å². The minimum atomic E-state index is -4.36. The average molecular weight is 355 g/mol. The Morgan fingerprint density at radius 2 is 1.96 bits per heavy atom. The summed E-state index contributed by atoms with van der Waals surface area (Å²) in [5.74, 6) is -0.0144. The Balaban J connectivity index is 1.81. The molecule has 0 bridgehead atoms. The summed E-state index contributed by atoms with van der Waals surface area (Å²) in [6.07, 6.45) is 1.57. The first-order valence-electron chi connectivity index (χ1n) is 7.60. The minimum absolute atomic E-state index is 0.0144. The molecule has 0 radical (unpaired) electrons. The summed E-state index contributed by atoms with van der Waals surface area (Å²) in [6, 6.07) is 4.90. The van der Waals surface area contributed by atoms with Crippen molar-refractivity contribution in [3.8, 4) is 5.69 Å². The number of carbonyl (C=O) groups is 1. The molecule has 1 aromatic heterocycles. The SMILES string of the molecule is O=C1NCCCC[C@H]1Sc1nccn1-c1ccc(C(F)(F)F)cc1. The van der Waals surface area contributed by atoms with Crippen LogP contribution in [0.5, 0.6) is 0 Å². The van der Waals surface area contributed by atoms with Crippen LogP contribution in [-0.4, -0.2) is 27.3 Å². The van der Waals surface area contributed by atoms with Gasteiger partial charge in [-0.3, -0.25) is 9.36 Å². The second kappa shape index (κ2) is 6.88. The second-order valence-corrected chi connectivity index (χ2v) is 6.69. The zero-order valence-corrected chi connectivity index (χ0v) is 13.5. The number of amides is 1. The van der Waals surface area contributed by atoms with E-state index in [1.165, 1.54) is 23.9 Å². The van der Waals surface area contributed by atoms with Gasteiger partial charge in [0.2, 0.25) is 5.91 Å². The molecule has 3 rings (SSSR count). The monoisotopic (exact) mass is 355 g/mol. The third-order valence-corrected chi connectivity index (χ3v) is 5.06. The summed E-state index contributed by atoms with van der Waals surface area (Å²) in [7, 11) is 0. The third-order valence-electron chi connectivity index (χ3n) is 3.81. The molecule has 1 aliphatic heterocycles. The predicted octanol–water partition coefficient (Wildman–Crippen LogP) is 3.65. The summed E-state index contributed by atoms with van der Waals surface area (Å²) in [4.78, 5) is 16.3. The fraction of sp³-hybridized carbons (Fsp3) is 0.375. The van der Waals surface area contributed by atoms with E-state index < -0.39 is 11.7 Å². The predicted molar refractivity (Wildman–Crippen MR) is 85.1 cm³/mol.